The van der Waals surface area contributed by atoms with Crippen LogP contribution >= 0.6 is 58.0 Å². The van der Waals surface area contributed by atoms with Gasteiger partial charge in [-0.25, -0.2) is 0 Å². The standard InChI is InChI=1S/C19H15Cl5N4O4/c1-3-28-6-9(16(27-28)19(30)25-2)26-18(29)10-5-4-8(32-10)7-31-17-14(23)12(21)11(20)13(22)15(17)24/h4-6H,3,7H2,1-2H3,(H,25,30)(H,26,29). The van der Waals surface area contributed by atoms with Gasteiger partial charge in [-0.05, 0) is 19.1 Å². The second-order valence-corrected chi connectivity index (χ2v) is 8.12. The van der Waals surface area contributed by atoms with Gasteiger partial charge < -0.3 is 19.8 Å². The number of nitrogens with zero attached hydrogens (tertiary/aromatic N) is 2. The number of benzene rings is 1. The van der Waals surface area contributed by atoms with E-state index < -0.39 is 11.8 Å². The van der Waals surface area contributed by atoms with Crippen molar-refractivity contribution < 1.29 is 18.7 Å². The van der Waals surface area contributed by atoms with Crippen molar-refractivity contribution in [2.75, 3.05) is 12.4 Å². The Morgan fingerprint density at radius 1 is 1.03 bits per heavy atom. The monoisotopic (exact) mass is 538 g/mol. The van der Waals surface area contributed by atoms with Crippen LogP contribution in [-0.4, -0.2) is 28.6 Å². The summed E-state index contributed by atoms with van der Waals surface area (Å²) in [6, 6.07) is 2.98. The predicted octanol–water partition coefficient (Wildman–Crippen LogP) is 5.95. The molecule has 3 aromatic rings. The number of nitrogens with one attached hydrogen (secondary N) is 2. The van der Waals surface area contributed by atoms with E-state index in [9.17, 15) is 9.59 Å². The number of amides is 2. The Balaban J connectivity index is 1.74. The van der Waals surface area contributed by atoms with E-state index in [2.05, 4.69) is 15.7 Å². The van der Waals surface area contributed by atoms with E-state index in [1.54, 1.807) is 6.20 Å². The zero-order valence-electron chi connectivity index (χ0n) is 16.6. The zero-order chi connectivity index (χ0) is 23.6. The van der Waals surface area contributed by atoms with Gasteiger partial charge in [-0.2, -0.15) is 5.10 Å². The van der Waals surface area contributed by atoms with Gasteiger partial charge in [0.25, 0.3) is 11.8 Å². The molecule has 2 aromatic heterocycles. The lowest BCUT2D eigenvalue weighted by atomic mass is 10.3. The number of aryl methyl sites for hydroxylation is 1. The van der Waals surface area contributed by atoms with E-state index in [4.69, 9.17) is 67.2 Å². The molecule has 0 saturated heterocycles. The van der Waals surface area contributed by atoms with Crippen LogP contribution in [0.15, 0.2) is 22.7 Å². The summed E-state index contributed by atoms with van der Waals surface area (Å²) in [6.45, 7) is 2.24. The number of carbonyl (C=O) groups excluding carboxylic acids is 2. The van der Waals surface area contributed by atoms with Crippen molar-refractivity contribution in [3.63, 3.8) is 0 Å². The van der Waals surface area contributed by atoms with Gasteiger partial charge in [0.1, 0.15) is 22.4 Å². The number of halogens is 5. The van der Waals surface area contributed by atoms with Gasteiger partial charge in [0.2, 0.25) is 0 Å². The fourth-order valence-corrected chi connectivity index (χ4v) is 3.81. The summed E-state index contributed by atoms with van der Waals surface area (Å²) >= 11 is 30.3. The van der Waals surface area contributed by atoms with E-state index in [1.807, 2.05) is 6.92 Å². The number of anilines is 1. The highest BCUT2D eigenvalue weighted by Crippen LogP contribution is 2.48. The Hall–Kier alpha value is -2.10. The van der Waals surface area contributed by atoms with Gasteiger partial charge in [-0.1, -0.05) is 58.0 Å². The van der Waals surface area contributed by atoms with Crippen LogP contribution in [0.2, 0.25) is 25.1 Å². The molecule has 0 bridgehead atoms. The molecule has 2 N–H and O–H groups in total. The first-order valence-corrected chi connectivity index (χ1v) is 10.9. The SMILES string of the molecule is CCn1cc(NC(=O)c2ccc(COc3c(Cl)c(Cl)c(Cl)c(Cl)c3Cl)o2)c(C(=O)NC)n1. The van der Waals surface area contributed by atoms with Crippen molar-refractivity contribution in [3.8, 4) is 5.75 Å². The maximum Gasteiger partial charge on any atom is 0.291 e. The van der Waals surface area contributed by atoms with Gasteiger partial charge >= 0.3 is 0 Å². The summed E-state index contributed by atoms with van der Waals surface area (Å²) in [6.07, 6.45) is 1.55. The van der Waals surface area contributed by atoms with Crippen LogP contribution in [0.25, 0.3) is 0 Å². The lowest BCUT2D eigenvalue weighted by Crippen LogP contribution is -2.21. The predicted molar refractivity (Wildman–Crippen MR) is 124 cm³/mol. The van der Waals surface area contributed by atoms with Crippen LogP contribution in [0.4, 0.5) is 5.69 Å². The average Bonchev–Trinajstić information content (AvgIpc) is 3.43. The highest BCUT2D eigenvalue weighted by molar-refractivity contribution is 6.55. The fraction of sp³-hybridized carbons (Fsp3) is 0.211. The second-order valence-electron chi connectivity index (χ2n) is 6.23. The molecule has 13 heteroatoms. The summed E-state index contributed by atoms with van der Waals surface area (Å²) < 4.78 is 12.6. The van der Waals surface area contributed by atoms with Crippen molar-refractivity contribution in [2.45, 2.75) is 20.1 Å². The van der Waals surface area contributed by atoms with Crippen molar-refractivity contribution >= 4 is 75.5 Å². The molecule has 32 heavy (non-hydrogen) atoms. The van der Waals surface area contributed by atoms with Crippen LogP contribution in [0.1, 0.15) is 33.7 Å². The molecule has 0 fully saturated rings. The minimum atomic E-state index is -0.578. The van der Waals surface area contributed by atoms with Crippen molar-refractivity contribution in [2.24, 2.45) is 0 Å². The Kier molecular flexibility index (Phi) is 7.84. The third-order valence-corrected chi connectivity index (χ3v) is 6.43. The topological polar surface area (TPSA) is 98.4 Å². The van der Waals surface area contributed by atoms with Crippen molar-refractivity contribution in [3.05, 3.63) is 60.7 Å². The normalized spacial score (nSPS) is 10.8. The van der Waals surface area contributed by atoms with E-state index in [-0.39, 0.29) is 54.6 Å². The van der Waals surface area contributed by atoms with Crippen LogP contribution in [-0.2, 0) is 13.2 Å². The molecule has 0 spiro atoms. The van der Waals surface area contributed by atoms with Crippen molar-refractivity contribution in [1.82, 2.24) is 15.1 Å². The quantitative estimate of drug-likeness (QED) is 0.285. The summed E-state index contributed by atoms with van der Waals surface area (Å²) in [4.78, 5) is 24.6. The van der Waals surface area contributed by atoms with Gasteiger partial charge in [0, 0.05) is 19.8 Å². The van der Waals surface area contributed by atoms with Crippen molar-refractivity contribution in [1.29, 1.82) is 0 Å². The lowest BCUT2D eigenvalue weighted by Gasteiger charge is -2.12. The fourth-order valence-electron chi connectivity index (χ4n) is 2.58. The molecule has 0 saturated carbocycles. The van der Waals surface area contributed by atoms with Gasteiger partial charge in [0.05, 0.1) is 20.8 Å². The largest absolute Gasteiger partial charge is 0.482 e. The molecule has 0 aliphatic carbocycles. The molecule has 0 aliphatic rings. The van der Waals surface area contributed by atoms with Gasteiger partial charge in [-0.3, -0.25) is 14.3 Å². The van der Waals surface area contributed by atoms with E-state index in [1.165, 1.54) is 23.9 Å². The smallest absolute Gasteiger partial charge is 0.291 e. The number of hydrogen-bond acceptors (Lipinski definition) is 5. The number of hydrogen-bond donors (Lipinski definition) is 2. The molecule has 8 nitrogen and oxygen atoms in total. The first-order valence-electron chi connectivity index (χ1n) is 9.01. The molecule has 0 unspecified atom stereocenters. The highest BCUT2D eigenvalue weighted by atomic mass is 35.5. The van der Waals surface area contributed by atoms with E-state index in [0.717, 1.165) is 0 Å². The number of carbonyl (C=O) groups is 2. The summed E-state index contributed by atoms with van der Waals surface area (Å²) in [5.41, 5.74) is 0.327. The molecule has 3 rings (SSSR count). The number of aromatic nitrogens is 2. The summed E-state index contributed by atoms with van der Waals surface area (Å²) in [5.74, 6) is -0.710. The Morgan fingerprint density at radius 2 is 1.66 bits per heavy atom. The molecule has 1 aromatic carbocycles. The maximum absolute atomic E-state index is 12.6. The van der Waals surface area contributed by atoms with Crippen LogP contribution in [0.5, 0.6) is 5.75 Å². The Bertz CT molecular complexity index is 1160. The molecule has 0 aliphatic heterocycles. The van der Waals surface area contributed by atoms with Gasteiger partial charge in [0.15, 0.2) is 17.2 Å². The number of ether oxygens (including phenoxy) is 1. The minimum Gasteiger partial charge on any atom is -0.482 e. The first-order chi connectivity index (χ1) is 15.2. The third kappa shape index (κ3) is 4.94. The highest BCUT2D eigenvalue weighted by Gasteiger charge is 2.22. The molecule has 2 amide bonds. The minimum absolute atomic E-state index is 0.00297. The van der Waals surface area contributed by atoms with Crippen LogP contribution < -0.4 is 15.4 Å². The Morgan fingerprint density at radius 3 is 2.25 bits per heavy atom. The Labute approximate surface area is 207 Å². The molecule has 0 radical (unpaired) electrons. The second kappa shape index (κ2) is 10.2. The molecular weight excluding hydrogens is 525 g/mol. The van der Waals surface area contributed by atoms with E-state index >= 15 is 0 Å². The first kappa shape index (κ1) is 24.5. The molecule has 2 heterocycles. The summed E-state index contributed by atoms with van der Waals surface area (Å²) in [5, 5.41) is 9.21. The maximum atomic E-state index is 12.6. The third-order valence-electron chi connectivity index (χ3n) is 4.19. The zero-order valence-corrected chi connectivity index (χ0v) is 20.3. The molecule has 170 valence electrons. The van der Waals surface area contributed by atoms with Gasteiger partial charge in [-0.15, -0.1) is 0 Å². The lowest BCUT2D eigenvalue weighted by molar-refractivity contribution is 0.0958. The number of furan rings is 1. The summed E-state index contributed by atoms with van der Waals surface area (Å²) in [7, 11) is 1.47. The average molecular weight is 541 g/mol. The van der Waals surface area contributed by atoms with Crippen LogP contribution in [0, 0.1) is 0 Å². The molecular formula is C19H15Cl5N4O4. The van der Waals surface area contributed by atoms with E-state index in [0.29, 0.717) is 12.3 Å². The van der Waals surface area contributed by atoms with Crippen LogP contribution in [0.3, 0.4) is 0 Å². The number of rotatable bonds is 7. The molecule has 0 atom stereocenters.